The number of thioether (sulfide) groups is 1. The quantitative estimate of drug-likeness (QED) is 0.0664. The van der Waals surface area contributed by atoms with Crippen molar-refractivity contribution in [3.8, 4) is 0 Å². The summed E-state index contributed by atoms with van der Waals surface area (Å²) in [6, 6.07) is 10.1. The molecule has 0 radical (unpaired) electrons. The normalized spacial score (nSPS) is 22.8. The number of aliphatic hydroxyl groups is 1. The van der Waals surface area contributed by atoms with Crippen molar-refractivity contribution >= 4 is 47.2 Å². The van der Waals surface area contributed by atoms with Crippen LogP contribution in [0.15, 0.2) is 59.1 Å². The van der Waals surface area contributed by atoms with E-state index in [4.69, 9.17) is 24.7 Å². The van der Waals surface area contributed by atoms with Gasteiger partial charge in [0.1, 0.15) is 25.5 Å². The zero-order chi connectivity index (χ0) is 37.7. The van der Waals surface area contributed by atoms with E-state index in [1.165, 1.54) is 77.0 Å². The summed E-state index contributed by atoms with van der Waals surface area (Å²) in [6.07, 6.45) is -2.22. The molecule has 3 amide bonds. The predicted molar refractivity (Wildman–Crippen MR) is 181 cm³/mol. The van der Waals surface area contributed by atoms with Gasteiger partial charge in [-0.1, -0.05) is 6.92 Å². The molecular formula is C33H37N5O13S. The molecule has 0 unspecified atom stereocenters. The molecule has 0 aliphatic carbocycles. The van der Waals surface area contributed by atoms with Crippen LogP contribution >= 0.6 is 11.8 Å². The maximum Gasteiger partial charge on any atom is 0.410 e. The zero-order valence-electron chi connectivity index (χ0n) is 28.2. The number of nitro benzene ring substituents is 2. The van der Waals surface area contributed by atoms with E-state index in [1.807, 2.05) is 6.92 Å². The van der Waals surface area contributed by atoms with Crippen LogP contribution in [0.4, 0.5) is 21.0 Å². The number of rotatable bonds is 15. The van der Waals surface area contributed by atoms with Gasteiger partial charge in [-0.3, -0.25) is 25.0 Å². The molecule has 2 fully saturated rings. The van der Waals surface area contributed by atoms with E-state index in [2.05, 4.69) is 0 Å². The van der Waals surface area contributed by atoms with Crippen molar-refractivity contribution in [2.24, 2.45) is 17.6 Å². The van der Waals surface area contributed by atoms with E-state index < -0.39 is 58.0 Å². The van der Waals surface area contributed by atoms with Gasteiger partial charge in [0.25, 0.3) is 11.4 Å². The molecule has 6 atom stereocenters. The fraction of sp³-hybridized carbons (Fsp3) is 0.455. The van der Waals surface area contributed by atoms with Crippen LogP contribution in [0.2, 0.25) is 0 Å². The van der Waals surface area contributed by atoms with Gasteiger partial charge in [0.2, 0.25) is 5.91 Å². The standard InChI is InChI=1S/C33H37N5O13S/c1-18-27-26(19(2)39)30(40)36(27)28(31(41)50-15-20-3-7-22(8-4-20)37(44)45)29(18)52-25-13-24(17-48-11-12-49-32(34)42)35(14-25)33(43)51-16-21-5-9-23(10-6-21)38(46)47/h3-10,18-19,24-27,39H,11-17H2,1-2H3,(H2,34,42)/t18-,19-,24+,25+,26-,27-/m1/s1. The van der Waals surface area contributed by atoms with E-state index in [-0.39, 0.29) is 67.8 Å². The molecule has 5 rings (SSSR count). The first-order valence-corrected chi connectivity index (χ1v) is 17.1. The highest BCUT2D eigenvalue weighted by Gasteiger charge is 2.60. The van der Waals surface area contributed by atoms with Gasteiger partial charge >= 0.3 is 18.2 Å². The topological polar surface area (TPSA) is 244 Å². The lowest BCUT2D eigenvalue weighted by Crippen LogP contribution is -2.63. The number of non-ortho nitro benzene ring substituents is 2. The summed E-state index contributed by atoms with van der Waals surface area (Å²) in [5, 5.41) is 32.1. The maximum atomic E-state index is 13.7. The number of amides is 3. The maximum absolute atomic E-state index is 13.7. The third-order valence-corrected chi connectivity index (χ3v) is 10.5. The molecule has 3 N–H and O–H groups in total. The van der Waals surface area contributed by atoms with Crippen molar-refractivity contribution in [3.05, 3.63) is 90.5 Å². The number of β-lactam (4-membered cyclic amide) rings is 1. The van der Waals surface area contributed by atoms with Crippen molar-refractivity contribution in [2.45, 2.75) is 56.9 Å². The minimum absolute atomic E-state index is 0.00928. The molecule has 2 saturated heterocycles. The van der Waals surface area contributed by atoms with Gasteiger partial charge in [-0.2, -0.15) is 0 Å². The number of hydrogen-bond donors (Lipinski definition) is 2. The van der Waals surface area contributed by atoms with Crippen LogP contribution in [0.1, 0.15) is 31.4 Å². The first kappa shape index (κ1) is 38.0. The van der Waals surface area contributed by atoms with Gasteiger partial charge in [0, 0.05) is 46.9 Å². The first-order chi connectivity index (χ1) is 24.8. The minimum Gasteiger partial charge on any atom is -0.456 e. The third kappa shape index (κ3) is 8.43. The average Bonchev–Trinajstić information content (AvgIpc) is 3.61. The van der Waals surface area contributed by atoms with Gasteiger partial charge in [-0.15, -0.1) is 11.8 Å². The Balaban J connectivity index is 1.33. The Hall–Kier alpha value is -5.27. The molecule has 0 saturated carbocycles. The molecule has 0 bridgehead atoms. The molecule has 3 aliphatic heterocycles. The number of esters is 1. The number of benzene rings is 2. The van der Waals surface area contributed by atoms with Crippen LogP contribution in [-0.2, 0) is 41.8 Å². The molecule has 0 spiro atoms. The predicted octanol–water partition coefficient (Wildman–Crippen LogP) is 3.24. The summed E-state index contributed by atoms with van der Waals surface area (Å²) in [5.74, 6) is -2.30. The number of primary amides is 1. The van der Waals surface area contributed by atoms with E-state index in [1.54, 1.807) is 0 Å². The Bertz CT molecular complexity index is 1740. The Morgan fingerprint density at radius 3 is 2.08 bits per heavy atom. The Labute approximate surface area is 301 Å². The summed E-state index contributed by atoms with van der Waals surface area (Å²) in [5.41, 5.74) is 5.84. The van der Waals surface area contributed by atoms with Crippen LogP contribution in [0.25, 0.3) is 0 Å². The molecule has 3 heterocycles. The van der Waals surface area contributed by atoms with Crippen molar-refractivity contribution in [2.75, 3.05) is 26.4 Å². The van der Waals surface area contributed by atoms with Crippen molar-refractivity contribution in [1.82, 2.24) is 9.80 Å². The lowest BCUT2D eigenvalue weighted by atomic mass is 9.79. The second-order valence-corrected chi connectivity index (χ2v) is 13.8. The third-order valence-electron chi connectivity index (χ3n) is 9.01. The number of aliphatic hydroxyl groups excluding tert-OH is 1. The SMILES string of the molecule is C[C@@H](O)[C@H]1C(=O)N2C(C(=O)OCc3ccc([N+](=O)[O-])cc3)=C(S[C@H]3C[C@@H](COCCOC(N)=O)N(C(=O)OCc4ccc([N+](=O)[O-])cc4)C3)[C@H](C)[C@H]12. The van der Waals surface area contributed by atoms with Crippen LogP contribution in [0.5, 0.6) is 0 Å². The monoisotopic (exact) mass is 743 g/mol. The summed E-state index contributed by atoms with van der Waals surface area (Å²) in [4.78, 5) is 75.5. The molecule has 52 heavy (non-hydrogen) atoms. The summed E-state index contributed by atoms with van der Waals surface area (Å²) in [6.45, 7) is 3.11. The number of carbonyl (C=O) groups is 4. The first-order valence-electron chi connectivity index (χ1n) is 16.3. The van der Waals surface area contributed by atoms with Gasteiger partial charge < -0.3 is 39.6 Å². The van der Waals surface area contributed by atoms with Crippen LogP contribution in [0, 0.1) is 32.1 Å². The Morgan fingerprint density at radius 1 is 0.962 bits per heavy atom. The number of ether oxygens (including phenoxy) is 4. The minimum atomic E-state index is -0.967. The number of nitrogens with two attached hydrogens (primary N) is 1. The fourth-order valence-corrected chi connectivity index (χ4v) is 8.04. The Morgan fingerprint density at radius 2 is 1.54 bits per heavy atom. The lowest BCUT2D eigenvalue weighted by molar-refractivity contribution is -0.385. The van der Waals surface area contributed by atoms with E-state index >= 15 is 0 Å². The summed E-state index contributed by atoms with van der Waals surface area (Å²) < 4.78 is 21.5. The zero-order valence-corrected chi connectivity index (χ0v) is 29.0. The molecule has 3 aliphatic rings. The summed E-state index contributed by atoms with van der Waals surface area (Å²) >= 11 is 1.31. The van der Waals surface area contributed by atoms with Crippen molar-refractivity contribution in [1.29, 1.82) is 0 Å². The number of hydrogen-bond acceptors (Lipinski definition) is 14. The molecular weight excluding hydrogens is 706 g/mol. The number of nitrogens with zero attached hydrogens (tertiary/aromatic N) is 4. The highest BCUT2D eigenvalue weighted by Crippen LogP contribution is 2.52. The largest absolute Gasteiger partial charge is 0.456 e. The van der Waals surface area contributed by atoms with Gasteiger partial charge in [-0.25, -0.2) is 14.4 Å². The smallest absolute Gasteiger partial charge is 0.410 e. The van der Waals surface area contributed by atoms with E-state index in [9.17, 15) is 44.5 Å². The highest BCUT2D eigenvalue weighted by molar-refractivity contribution is 8.03. The van der Waals surface area contributed by atoms with Crippen molar-refractivity contribution < 1.29 is 53.1 Å². The van der Waals surface area contributed by atoms with E-state index in [0.717, 1.165) is 0 Å². The molecule has 19 heteroatoms. The highest BCUT2D eigenvalue weighted by atomic mass is 32.2. The van der Waals surface area contributed by atoms with Gasteiger partial charge in [0.05, 0.1) is 47.2 Å². The number of likely N-dealkylation sites (tertiary alicyclic amines) is 1. The van der Waals surface area contributed by atoms with Gasteiger partial charge in [0.15, 0.2) is 0 Å². The van der Waals surface area contributed by atoms with Gasteiger partial charge in [-0.05, 0) is 48.7 Å². The molecule has 18 nitrogen and oxygen atoms in total. The fourth-order valence-electron chi connectivity index (χ4n) is 6.48. The molecule has 278 valence electrons. The second-order valence-electron chi connectivity index (χ2n) is 12.5. The lowest BCUT2D eigenvalue weighted by Gasteiger charge is -2.46. The summed E-state index contributed by atoms with van der Waals surface area (Å²) in [7, 11) is 0. The Kier molecular flexibility index (Phi) is 12.0. The number of nitro groups is 2. The molecule has 0 aromatic heterocycles. The number of carbonyl (C=O) groups excluding carboxylic acids is 4. The average molecular weight is 744 g/mol. The molecule has 2 aromatic rings. The van der Waals surface area contributed by atoms with Crippen LogP contribution < -0.4 is 5.73 Å². The molecule has 2 aromatic carbocycles. The van der Waals surface area contributed by atoms with Crippen LogP contribution in [-0.4, -0.2) is 98.6 Å². The van der Waals surface area contributed by atoms with E-state index in [0.29, 0.717) is 22.5 Å². The van der Waals surface area contributed by atoms with Crippen molar-refractivity contribution in [3.63, 3.8) is 0 Å². The van der Waals surface area contributed by atoms with Crippen LogP contribution in [0.3, 0.4) is 0 Å². The second kappa shape index (κ2) is 16.4. The number of fused-ring (bicyclic) bond motifs is 1.